The molecule has 20 heavy (non-hydrogen) atoms. The maximum Gasteiger partial charge on any atom is 0.573 e. The van der Waals surface area contributed by atoms with Gasteiger partial charge < -0.3 is 10.5 Å². The van der Waals surface area contributed by atoms with Gasteiger partial charge in [0.15, 0.2) is 9.84 Å². The van der Waals surface area contributed by atoms with Crippen LogP contribution in [0, 0.1) is 0 Å². The molecule has 114 valence electrons. The summed E-state index contributed by atoms with van der Waals surface area (Å²) in [5, 5.41) is 0. The SMILES string of the molecule is CCC(N)CS(=O)(=O)Cc1ccc(OC(F)(F)F)cc1. The van der Waals surface area contributed by atoms with Crippen LogP contribution in [0.2, 0.25) is 0 Å². The Kier molecular flexibility index (Phi) is 5.41. The first-order valence-corrected chi connectivity index (χ1v) is 7.74. The van der Waals surface area contributed by atoms with E-state index in [1.807, 2.05) is 0 Å². The second-order valence-electron chi connectivity index (χ2n) is 4.41. The van der Waals surface area contributed by atoms with Gasteiger partial charge in [0.1, 0.15) is 5.75 Å². The van der Waals surface area contributed by atoms with Crippen LogP contribution in [-0.4, -0.2) is 26.6 Å². The second kappa shape index (κ2) is 6.45. The Morgan fingerprint density at radius 1 is 1.25 bits per heavy atom. The normalized spacial score (nSPS) is 14.1. The fourth-order valence-corrected chi connectivity index (χ4v) is 3.25. The van der Waals surface area contributed by atoms with Gasteiger partial charge in [-0.15, -0.1) is 13.2 Å². The zero-order valence-corrected chi connectivity index (χ0v) is 11.7. The number of hydrogen-bond acceptors (Lipinski definition) is 4. The van der Waals surface area contributed by atoms with Crippen molar-refractivity contribution in [2.75, 3.05) is 5.75 Å². The first kappa shape index (κ1) is 16.8. The van der Waals surface area contributed by atoms with Crippen molar-refractivity contribution in [3.63, 3.8) is 0 Å². The minimum absolute atomic E-state index is 0.149. The lowest BCUT2D eigenvalue weighted by atomic mass is 10.2. The van der Waals surface area contributed by atoms with Gasteiger partial charge in [-0.05, 0) is 24.1 Å². The summed E-state index contributed by atoms with van der Waals surface area (Å²) in [6.45, 7) is 1.78. The fourth-order valence-electron chi connectivity index (χ4n) is 1.54. The molecule has 1 unspecified atom stereocenters. The molecule has 1 aromatic carbocycles. The highest BCUT2D eigenvalue weighted by Crippen LogP contribution is 2.23. The monoisotopic (exact) mass is 311 g/mol. The molecule has 1 rings (SSSR count). The average molecular weight is 311 g/mol. The maximum atomic E-state index is 12.0. The fraction of sp³-hybridized carbons (Fsp3) is 0.500. The van der Waals surface area contributed by atoms with E-state index >= 15 is 0 Å². The van der Waals surface area contributed by atoms with E-state index in [1.54, 1.807) is 6.92 Å². The third-order valence-electron chi connectivity index (χ3n) is 2.54. The highest BCUT2D eigenvalue weighted by atomic mass is 32.2. The quantitative estimate of drug-likeness (QED) is 0.875. The van der Waals surface area contributed by atoms with Crippen molar-refractivity contribution in [1.82, 2.24) is 0 Å². The molecule has 0 spiro atoms. The molecular formula is C12H16F3NO3S. The van der Waals surface area contributed by atoms with Gasteiger partial charge in [0.05, 0.1) is 11.5 Å². The summed E-state index contributed by atoms with van der Waals surface area (Å²) in [4.78, 5) is 0. The predicted octanol–water partition coefficient (Wildman–Crippen LogP) is 2.24. The highest BCUT2D eigenvalue weighted by molar-refractivity contribution is 7.90. The molecule has 0 heterocycles. The highest BCUT2D eigenvalue weighted by Gasteiger charge is 2.31. The lowest BCUT2D eigenvalue weighted by Crippen LogP contribution is -2.29. The number of benzene rings is 1. The largest absolute Gasteiger partial charge is 0.573 e. The van der Waals surface area contributed by atoms with Crippen molar-refractivity contribution >= 4 is 9.84 Å². The number of halogens is 3. The minimum Gasteiger partial charge on any atom is -0.406 e. The van der Waals surface area contributed by atoms with Crippen molar-refractivity contribution in [1.29, 1.82) is 0 Å². The molecule has 0 saturated heterocycles. The number of ether oxygens (including phenoxy) is 1. The van der Waals surface area contributed by atoms with Crippen LogP contribution in [0.1, 0.15) is 18.9 Å². The van der Waals surface area contributed by atoms with Gasteiger partial charge in [0.25, 0.3) is 0 Å². The van der Waals surface area contributed by atoms with E-state index in [4.69, 9.17) is 5.73 Å². The number of alkyl halides is 3. The van der Waals surface area contributed by atoms with Gasteiger partial charge in [0, 0.05) is 6.04 Å². The summed E-state index contributed by atoms with van der Waals surface area (Å²) >= 11 is 0. The van der Waals surface area contributed by atoms with Crippen molar-refractivity contribution in [3.8, 4) is 5.75 Å². The average Bonchev–Trinajstić information content (AvgIpc) is 2.28. The lowest BCUT2D eigenvalue weighted by Gasteiger charge is -2.11. The molecule has 0 aliphatic heterocycles. The summed E-state index contributed by atoms with van der Waals surface area (Å²) < 4.78 is 63.2. The molecule has 0 fully saturated rings. The number of nitrogens with two attached hydrogens (primary N) is 1. The van der Waals surface area contributed by atoms with Gasteiger partial charge in [0.2, 0.25) is 0 Å². The summed E-state index contributed by atoms with van der Waals surface area (Å²) in [5.74, 6) is -0.791. The van der Waals surface area contributed by atoms with Gasteiger partial charge >= 0.3 is 6.36 Å². The van der Waals surface area contributed by atoms with Crippen molar-refractivity contribution < 1.29 is 26.3 Å². The molecule has 0 bridgehead atoms. The number of sulfone groups is 1. The lowest BCUT2D eigenvalue weighted by molar-refractivity contribution is -0.274. The van der Waals surface area contributed by atoms with Crippen LogP contribution < -0.4 is 10.5 Å². The summed E-state index contributed by atoms with van der Waals surface area (Å²) in [5.41, 5.74) is 5.97. The van der Waals surface area contributed by atoms with Crippen LogP contribution >= 0.6 is 0 Å². The molecule has 0 radical (unpaired) electrons. The van der Waals surface area contributed by atoms with Crippen LogP contribution in [0.4, 0.5) is 13.2 Å². The van der Waals surface area contributed by atoms with Gasteiger partial charge in [-0.25, -0.2) is 8.42 Å². The third-order valence-corrected chi connectivity index (χ3v) is 4.25. The van der Waals surface area contributed by atoms with Crippen LogP contribution in [-0.2, 0) is 15.6 Å². The van der Waals surface area contributed by atoms with E-state index in [1.165, 1.54) is 12.1 Å². The molecule has 0 amide bonds. The zero-order valence-electron chi connectivity index (χ0n) is 10.9. The van der Waals surface area contributed by atoms with Crippen molar-refractivity contribution in [3.05, 3.63) is 29.8 Å². The van der Waals surface area contributed by atoms with E-state index < -0.39 is 22.2 Å². The number of hydrogen-bond donors (Lipinski definition) is 1. The van der Waals surface area contributed by atoms with Crippen LogP contribution in [0.5, 0.6) is 5.75 Å². The summed E-state index contributed by atoms with van der Waals surface area (Å²) in [6.07, 6.45) is -4.22. The topological polar surface area (TPSA) is 69.4 Å². The second-order valence-corrected chi connectivity index (χ2v) is 6.52. The number of rotatable bonds is 6. The Morgan fingerprint density at radius 3 is 2.25 bits per heavy atom. The molecule has 8 heteroatoms. The molecule has 2 N–H and O–H groups in total. The standard InChI is InChI=1S/C12H16F3NO3S/c1-2-10(16)8-20(17,18)7-9-3-5-11(6-4-9)19-12(13,14)15/h3-6,10H,2,7-8,16H2,1H3. The van der Waals surface area contributed by atoms with Crippen molar-refractivity contribution in [2.24, 2.45) is 5.73 Å². The van der Waals surface area contributed by atoms with E-state index in [0.717, 1.165) is 12.1 Å². The van der Waals surface area contributed by atoms with Gasteiger partial charge in [-0.1, -0.05) is 19.1 Å². The zero-order chi connectivity index (χ0) is 15.4. The molecule has 1 aromatic rings. The summed E-state index contributed by atoms with van der Waals surface area (Å²) in [7, 11) is -3.38. The molecule has 0 saturated carbocycles. The van der Waals surface area contributed by atoms with Gasteiger partial charge in [-0.3, -0.25) is 0 Å². The summed E-state index contributed by atoms with van der Waals surface area (Å²) in [6, 6.07) is 4.30. The molecule has 0 aromatic heterocycles. The molecule has 0 aliphatic rings. The predicted molar refractivity (Wildman–Crippen MR) is 68.9 cm³/mol. The minimum atomic E-state index is -4.76. The van der Waals surface area contributed by atoms with Gasteiger partial charge in [-0.2, -0.15) is 0 Å². The Hall–Kier alpha value is -1.28. The third kappa shape index (κ3) is 6.25. The van der Waals surface area contributed by atoms with Crippen molar-refractivity contribution in [2.45, 2.75) is 31.5 Å². The van der Waals surface area contributed by atoms with Crippen LogP contribution in [0.3, 0.4) is 0 Å². The van der Waals surface area contributed by atoms with E-state index in [9.17, 15) is 21.6 Å². The van der Waals surface area contributed by atoms with Crippen LogP contribution in [0.25, 0.3) is 0 Å². The first-order valence-electron chi connectivity index (χ1n) is 5.92. The van der Waals surface area contributed by atoms with E-state index in [-0.39, 0.29) is 17.3 Å². The Bertz CT molecular complexity index is 526. The Labute approximate surface area is 115 Å². The van der Waals surface area contributed by atoms with E-state index in [2.05, 4.69) is 4.74 Å². The Balaban J connectivity index is 2.70. The molecule has 4 nitrogen and oxygen atoms in total. The molecule has 0 aliphatic carbocycles. The first-order chi connectivity index (χ1) is 9.11. The van der Waals surface area contributed by atoms with Crippen LogP contribution in [0.15, 0.2) is 24.3 Å². The maximum absolute atomic E-state index is 12.0. The molecular weight excluding hydrogens is 295 g/mol. The van der Waals surface area contributed by atoms with E-state index in [0.29, 0.717) is 12.0 Å². The Morgan fingerprint density at radius 2 is 1.80 bits per heavy atom. The molecule has 1 atom stereocenters. The smallest absolute Gasteiger partial charge is 0.406 e.